The Labute approximate surface area is 88.0 Å². The van der Waals surface area contributed by atoms with E-state index in [-0.39, 0.29) is 6.04 Å². The van der Waals surface area contributed by atoms with Crippen LogP contribution in [0.25, 0.3) is 0 Å². The standard InChI is InChI=1S/C8H8BrNO2S/c9-5-3-7(13-4-5)6(10)1-2-8(11)12/h1-4,6H,10H2,(H,11,12)/b2-1+. The van der Waals surface area contributed by atoms with Crippen LogP contribution in [0.2, 0.25) is 0 Å². The third-order valence-corrected chi connectivity index (χ3v) is 3.16. The maximum absolute atomic E-state index is 10.2. The van der Waals surface area contributed by atoms with Crippen molar-refractivity contribution in [2.45, 2.75) is 6.04 Å². The number of carboxylic acids is 1. The molecule has 0 aliphatic rings. The zero-order valence-corrected chi connectivity index (χ0v) is 9.01. The molecule has 0 saturated heterocycles. The molecule has 1 heterocycles. The van der Waals surface area contributed by atoms with Crippen LogP contribution >= 0.6 is 27.3 Å². The van der Waals surface area contributed by atoms with Gasteiger partial charge in [-0.15, -0.1) is 11.3 Å². The molecule has 1 aromatic rings. The Kier molecular flexibility index (Phi) is 3.65. The lowest BCUT2D eigenvalue weighted by atomic mass is 10.2. The van der Waals surface area contributed by atoms with Gasteiger partial charge in [0.2, 0.25) is 0 Å². The molecule has 3 nitrogen and oxygen atoms in total. The SMILES string of the molecule is NC(/C=C/C(=O)O)c1cc(Br)cs1. The van der Waals surface area contributed by atoms with Gasteiger partial charge in [0.25, 0.3) is 0 Å². The number of carboxylic acid groups (broad SMARTS) is 1. The second-order valence-electron chi connectivity index (χ2n) is 2.39. The van der Waals surface area contributed by atoms with Gasteiger partial charge in [-0.05, 0) is 22.0 Å². The predicted octanol–water partition coefficient (Wildman–Crippen LogP) is 2.15. The lowest BCUT2D eigenvalue weighted by molar-refractivity contribution is -0.131. The van der Waals surface area contributed by atoms with Crippen LogP contribution in [0.1, 0.15) is 10.9 Å². The van der Waals surface area contributed by atoms with Crippen molar-refractivity contribution >= 4 is 33.2 Å². The van der Waals surface area contributed by atoms with Crippen molar-refractivity contribution in [1.82, 2.24) is 0 Å². The third kappa shape index (κ3) is 3.30. The molecule has 0 spiro atoms. The van der Waals surface area contributed by atoms with Crippen molar-refractivity contribution in [3.05, 3.63) is 32.9 Å². The largest absolute Gasteiger partial charge is 0.478 e. The maximum Gasteiger partial charge on any atom is 0.328 e. The number of halogens is 1. The van der Waals surface area contributed by atoms with Crippen LogP contribution in [0.4, 0.5) is 0 Å². The first-order valence-corrected chi connectivity index (χ1v) is 5.17. The fourth-order valence-corrected chi connectivity index (χ4v) is 2.21. The van der Waals surface area contributed by atoms with Crippen LogP contribution in [0.3, 0.4) is 0 Å². The first-order valence-electron chi connectivity index (χ1n) is 3.50. The molecule has 0 saturated carbocycles. The molecule has 0 radical (unpaired) electrons. The molecule has 0 aliphatic carbocycles. The fraction of sp³-hybridized carbons (Fsp3) is 0.125. The molecule has 3 N–H and O–H groups in total. The van der Waals surface area contributed by atoms with Gasteiger partial charge < -0.3 is 10.8 Å². The molecule has 1 rings (SSSR count). The van der Waals surface area contributed by atoms with Gasteiger partial charge in [0.1, 0.15) is 0 Å². The Morgan fingerprint density at radius 2 is 2.46 bits per heavy atom. The van der Waals surface area contributed by atoms with Crippen molar-refractivity contribution < 1.29 is 9.90 Å². The lowest BCUT2D eigenvalue weighted by Gasteiger charge is -2.00. The van der Waals surface area contributed by atoms with Crippen LogP contribution in [0.15, 0.2) is 28.1 Å². The predicted molar refractivity (Wildman–Crippen MR) is 55.7 cm³/mol. The summed E-state index contributed by atoms with van der Waals surface area (Å²) in [6.45, 7) is 0. The Morgan fingerprint density at radius 1 is 1.77 bits per heavy atom. The van der Waals surface area contributed by atoms with Crippen LogP contribution in [0, 0.1) is 0 Å². The third-order valence-electron chi connectivity index (χ3n) is 1.36. The molecule has 1 unspecified atom stereocenters. The van der Waals surface area contributed by atoms with Crippen molar-refractivity contribution in [3.8, 4) is 0 Å². The van der Waals surface area contributed by atoms with Crippen molar-refractivity contribution in [2.75, 3.05) is 0 Å². The summed E-state index contributed by atoms with van der Waals surface area (Å²) in [5.41, 5.74) is 5.70. The fourth-order valence-electron chi connectivity index (χ4n) is 0.784. The molecule has 70 valence electrons. The van der Waals surface area contributed by atoms with Gasteiger partial charge in [-0.25, -0.2) is 4.79 Å². The topological polar surface area (TPSA) is 63.3 Å². The molecule has 13 heavy (non-hydrogen) atoms. The molecule has 1 aromatic heterocycles. The Morgan fingerprint density at radius 3 is 2.92 bits per heavy atom. The zero-order chi connectivity index (χ0) is 9.84. The minimum Gasteiger partial charge on any atom is -0.478 e. The van der Waals surface area contributed by atoms with Crippen molar-refractivity contribution in [3.63, 3.8) is 0 Å². The van der Waals surface area contributed by atoms with Gasteiger partial charge in [0.15, 0.2) is 0 Å². The molecule has 0 aliphatic heterocycles. The number of aliphatic carboxylic acids is 1. The summed E-state index contributed by atoms with van der Waals surface area (Å²) in [5, 5.41) is 10.3. The van der Waals surface area contributed by atoms with E-state index < -0.39 is 5.97 Å². The van der Waals surface area contributed by atoms with Crippen LogP contribution in [-0.4, -0.2) is 11.1 Å². The number of hydrogen-bond acceptors (Lipinski definition) is 3. The summed E-state index contributed by atoms with van der Waals surface area (Å²) < 4.78 is 0.965. The average Bonchev–Trinajstić information content (AvgIpc) is 2.47. The Bertz CT molecular complexity index is 335. The van der Waals surface area contributed by atoms with Crippen LogP contribution in [-0.2, 0) is 4.79 Å². The van der Waals surface area contributed by atoms with Crippen LogP contribution < -0.4 is 5.73 Å². The van der Waals surface area contributed by atoms with Gasteiger partial charge in [0, 0.05) is 20.8 Å². The molecular formula is C8H8BrNO2S. The van der Waals surface area contributed by atoms with E-state index in [0.29, 0.717) is 0 Å². The summed E-state index contributed by atoms with van der Waals surface area (Å²) in [7, 11) is 0. The monoisotopic (exact) mass is 261 g/mol. The van der Waals surface area contributed by atoms with E-state index in [4.69, 9.17) is 10.8 Å². The number of carbonyl (C=O) groups is 1. The average molecular weight is 262 g/mol. The summed E-state index contributed by atoms with van der Waals surface area (Å²) in [6, 6.07) is 1.54. The number of rotatable bonds is 3. The quantitative estimate of drug-likeness (QED) is 0.820. The highest BCUT2D eigenvalue weighted by molar-refractivity contribution is 9.10. The van der Waals surface area contributed by atoms with E-state index in [1.54, 1.807) is 0 Å². The minimum atomic E-state index is -0.980. The second-order valence-corrected chi connectivity index (χ2v) is 4.25. The highest BCUT2D eigenvalue weighted by Gasteiger charge is 2.04. The van der Waals surface area contributed by atoms with E-state index in [1.807, 2.05) is 11.4 Å². The van der Waals surface area contributed by atoms with Gasteiger partial charge >= 0.3 is 5.97 Å². The van der Waals surface area contributed by atoms with Gasteiger partial charge in [0.05, 0.1) is 6.04 Å². The van der Waals surface area contributed by atoms with Crippen molar-refractivity contribution in [2.24, 2.45) is 5.73 Å². The normalized spacial score (nSPS) is 13.4. The molecule has 0 aromatic carbocycles. The van der Waals surface area contributed by atoms with E-state index in [2.05, 4.69) is 15.9 Å². The highest BCUT2D eigenvalue weighted by atomic mass is 79.9. The molecule has 0 bridgehead atoms. The molecular weight excluding hydrogens is 254 g/mol. The molecule has 0 amide bonds. The van der Waals surface area contributed by atoms with E-state index >= 15 is 0 Å². The molecule has 5 heteroatoms. The number of nitrogens with two attached hydrogens (primary N) is 1. The van der Waals surface area contributed by atoms with E-state index in [0.717, 1.165) is 15.4 Å². The smallest absolute Gasteiger partial charge is 0.328 e. The van der Waals surface area contributed by atoms with E-state index in [9.17, 15) is 4.79 Å². The Hall–Kier alpha value is -0.650. The lowest BCUT2D eigenvalue weighted by Crippen LogP contribution is -2.05. The first kappa shape index (κ1) is 10.4. The zero-order valence-electron chi connectivity index (χ0n) is 6.61. The summed E-state index contributed by atoms with van der Waals surface area (Å²) in [5.74, 6) is -0.980. The van der Waals surface area contributed by atoms with Crippen LogP contribution in [0.5, 0.6) is 0 Å². The molecule has 1 atom stereocenters. The number of thiophene rings is 1. The van der Waals surface area contributed by atoms with E-state index in [1.165, 1.54) is 17.4 Å². The summed E-state index contributed by atoms with van der Waals surface area (Å²) in [6.07, 6.45) is 2.51. The summed E-state index contributed by atoms with van der Waals surface area (Å²) in [4.78, 5) is 11.1. The van der Waals surface area contributed by atoms with Gasteiger partial charge in [-0.3, -0.25) is 0 Å². The first-order chi connectivity index (χ1) is 6.09. The maximum atomic E-state index is 10.2. The second kappa shape index (κ2) is 4.55. The molecule has 0 fully saturated rings. The number of hydrogen-bond donors (Lipinski definition) is 2. The highest BCUT2D eigenvalue weighted by Crippen LogP contribution is 2.24. The van der Waals surface area contributed by atoms with Gasteiger partial charge in [-0.2, -0.15) is 0 Å². The summed E-state index contributed by atoms with van der Waals surface area (Å²) >= 11 is 4.79. The minimum absolute atomic E-state index is 0.340. The van der Waals surface area contributed by atoms with Crippen molar-refractivity contribution in [1.29, 1.82) is 0 Å². The van der Waals surface area contributed by atoms with Gasteiger partial charge in [-0.1, -0.05) is 6.08 Å². The Balaban J connectivity index is 2.68.